The minimum atomic E-state index is -0.397. The van der Waals surface area contributed by atoms with E-state index in [0.717, 1.165) is 11.2 Å². The fraction of sp³-hybridized carbons (Fsp3) is 0.133. The summed E-state index contributed by atoms with van der Waals surface area (Å²) in [6, 6.07) is 7.13. The number of benzene rings is 1. The number of nitrogens with zero attached hydrogens (tertiary/aromatic N) is 3. The number of fused-ring (bicyclic) bond motifs is 1. The molecule has 3 aromatic rings. The third-order valence-electron chi connectivity index (χ3n) is 3.26. The first kappa shape index (κ1) is 14.8. The Balaban J connectivity index is 2.08. The number of esters is 1. The quantitative estimate of drug-likeness (QED) is 0.688. The van der Waals surface area contributed by atoms with Gasteiger partial charge in [0.15, 0.2) is 5.65 Å². The van der Waals surface area contributed by atoms with Gasteiger partial charge in [0.1, 0.15) is 11.8 Å². The van der Waals surface area contributed by atoms with Crippen LogP contribution in [0.25, 0.3) is 16.9 Å². The Hall–Kier alpha value is -2.11. The highest BCUT2D eigenvalue weighted by Crippen LogP contribution is 2.30. The van der Waals surface area contributed by atoms with Gasteiger partial charge in [0.25, 0.3) is 0 Å². The normalized spacial score (nSPS) is 10.9. The molecule has 0 fully saturated rings. The van der Waals surface area contributed by atoms with E-state index in [4.69, 9.17) is 23.2 Å². The lowest BCUT2D eigenvalue weighted by atomic mass is 10.1. The molecule has 0 saturated carbocycles. The van der Waals surface area contributed by atoms with Crippen molar-refractivity contribution < 1.29 is 9.53 Å². The van der Waals surface area contributed by atoms with Gasteiger partial charge in [0.05, 0.1) is 19.2 Å². The number of carbonyl (C=O) groups excluding carboxylic acids is 1. The molecule has 7 heteroatoms. The molecule has 0 radical (unpaired) electrons. The molecule has 0 saturated heterocycles. The van der Waals surface area contributed by atoms with E-state index in [0.29, 0.717) is 21.3 Å². The molecule has 0 N–H and O–H groups in total. The van der Waals surface area contributed by atoms with Crippen LogP contribution in [0.4, 0.5) is 0 Å². The summed E-state index contributed by atoms with van der Waals surface area (Å²) in [5.41, 5.74) is 2.74. The Bertz CT molecular complexity index is 838. The average Bonchev–Trinajstić information content (AvgIpc) is 2.94. The topological polar surface area (TPSA) is 57.0 Å². The summed E-state index contributed by atoms with van der Waals surface area (Å²) in [5, 5.41) is 0.788. The third-order valence-corrected chi connectivity index (χ3v) is 3.93. The first-order valence-corrected chi connectivity index (χ1v) is 7.19. The molecule has 0 aliphatic heterocycles. The zero-order chi connectivity index (χ0) is 15.7. The number of hydrogen-bond donors (Lipinski definition) is 0. The van der Waals surface area contributed by atoms with E-state index in [2.05, 4.69) is 14.7 Å². The fourth-order valence-corrected chi connectivity index (χ4v) is 2.76. The number of carbonyl (C=O) groups is 1. The van der Waals surface area contributed by atoms with E-state index in [1.165, 1.54) is 7.11 Å². The van der Waals surface area contributed by atoms with E-state index in [-0.39, 0.29) is 6.42 Å². The number of methoxy groups -OCH3 is 1. The van der Waals surface area contributed by atoms with Gasteiger partial charge >= 0.3 is 5.97 Å². The van der Waals surface area contributed by atoms with Gasteiger partial charge in [0, 0.05) is 21.8 Å². The predicted octanol–water partition coefficient (Wildman–Crippen LogP) is 3.44. The first-order valence-electron chi connectivity index (χ1n) is 6.43. The van der Waals surface area contributed by atoms with Crippen LogP contribution in [0, 0.1) is 0 Å². The van der Waals surface area contributed by atoms with E-state index < -0.39 is 5.97 Å². The number of hydrogen-bond acceptors (Lipinski definition) is 4. The van der Waals surface area contributed by atoms with Crippen LogP contribution in [0.1, 0.15) is 5.56 Å². The maximum atomic E-state index is 11.4. The van der Waals surface area contributed by atoms with Gasteiger partial charge in [-0.25, -0.2) is 9.97 Å². The molecule has 22 heavy (non-hydrogen) atoms. The molecule has 0 atom stereocenters. The van der Waals surface area contributed by atoms with Crippen molar-refractivity contribution in [3.8, 4) is 5.69 Å². The van der Waals surface area contributed by atoms with Crippen LogP contribution in [0.2, 0.25) is 10.0 Å². The second-order valence-corrected chi connectivity index (χ2v) is 5.42. The Morgan fingerprint density at radius 1 is 1.27 bits per heavy atom. The molecule has 5 nitrogen and oxygen atoms in total. The van der Waals surface area contributed by atoms with E-state index in [1.807, 2.05) is 12.1 Å². The van der Waals surface area contributed by atoms with Gasteiger partial charge in [-0.2, -0.15) is 0 Å². The molecular weight excluding hydrogens is 325 g/mol. The molecule has 2 aromatic heterocycles. The van der Waals surface area contributed by atoms with Crippen molar-refractivity contribution in [2.75, 3.05) is 7.11 Å². The summed E-state index contributed by atoms with van der Waals surface area (Å²) in [6.45, 7) is 0. The highest BCUT2D eigenvalue weighted by atomic mass is 35.5. The van der Waals surface area contributed by atoms with Crippen LogP contribution in [0.15, 0.2) is 36.8 Å². The lowest BCUT2D eigenvalue weighted by Gasteiger charge is -2.10. The Morgan fingerprint density at radius 3 is 2.68 bits per heavy atom. The van der Waals surface area contributed by atoms with Gasteiger partial charge in [-0.15, -0.1) is 0 Å². The summed E-state index contributed by atoms with van der Waals surface area (Å²) in [7, 11) is 1.32. The van der Waals surface area contributed by atoms with Crippen molar-refractivity contribution in [2.24, 2.45) is 0 Å². The number of pyridine rings is 1. The van der Waals surface area contributed by atoms with Crippen LogP contribution in [-0.4, -0.2) is 27.6 Å². The van der Waals surface area contributed by atoms with E-state index >= 15 is 0 Å². The van der Waals surface area contributed by atoms with Gasteiger partial charge < -0.3 is 4.74 Å². The van der Waals surface area contributed by atoms with E-state index in [1.54, 1.807) is 29.2 Å². The molecule has 112 valence electrons. The summed E-state index contributed by atoms with van der Waals surface area (Å²) in [4.78, 5) is 20.0. The van der Waals surface area contributed by atoms with Gasteiger partial charge in [0.2, 0.25) is 0 Å². The Kier molecular flexibility index (Phi) is 4.00. The molecule has 0 amide bonds. The SMILES string of the molecule is COC(=O)Cc1c(Cl)cc(-n2cnc3cccnc32)cc1Cl. The lowest BCUT2D eigenvalue weighted by Crippen LogP contribution is -2.06. The summed E-state index contributed by atoms with van der Waals surface area (Å²) in [6.07, 6.45) is 3.37. The molecule has 0 bridgehead atoms. The van der Waals surface area contributed by atoms with Crippen LogP contribution in [-0.2, 0) is 16.0 Å². The second-order valence-electron chi connectivity index (χ2n) is 4.60. The molecule has 0 spiro atoms. The largest absolute Gasteiger partial charge is 0.469 e. The molecule has 1 aromatic carbocycles. The minimum Gasteiger partial charge on any atom is -0.469 e. The molecule has 0 unspecified atom stereocenters. The van der Waals surface area contributed by atoms with Crippen molar-refractivity contribution >= 4 is 40.3 Å². The summed E-state index contributed by atoms with van der Waals surface area (Å²) >= 11 is 12.5. The van der Waals surface area contributed by atoms with Crippen molar-refractivity contribution in [1.29, 1.82) is 0 Å². The minimum absolute atomic E-state index is 0.0252. The number of halogens is 2. The highest BCUT2D eigenvalue weighted by Gasteiger charge is 2.14. The Labute approximate surface area is 136 Å². The molecular formula is C15H11Cl2N3O2. The fourth-order valence-electron chi connectivity index (χ4n) is 2.15. The monoisotopic (exact) mass is 335 g/mol. The number of imidazole rings is 1. The zero-order valence-electron chi connectivity index (χ0n) is 11.6. The van der Waals surface area contributed by atoms with Crippen LogP contribution >= 0.6 is 23.2 Å². The van der Waals surface area contributed by atoms with Crippen LogP contribution in [0.5, 0.6) is 0 Å². The molecule has 3 rings (SSSR count). The maximum Gasteiger partial charge on any atom is 0.310 e. The van der Waals surface area contributed by atoms with Gasteiger partial charge in [-0.05, 0) is 24.3 Å². The van der Waals surface area contributed by atoms with Gasteiger partial charge in [-0.3, -0.25) is 9.36 Å². The van der Waals surface area contributed by atoms with Crippen molar-refractivity contribution in [3.63, 3.8) is 0 Å². The van der Waals surface area contributed by atoms with Crippen LogP contribution in [0.3, 0.4) is 0 Å². The predicted molar refractivity (Wildman–Crippen MR) is 84.6 cm³/mol. The van der Waals surface area contributed by atoms with Crippen LogP contribution < -0.4 is 0 Å². The number of aromatic nitrogens is 3. The standard InChI is InChI=1S/C15H11Cl2N3O2/c1-22-14(21)7-10-11(16)5-9(6-12(10)17)20-8-19-13-3-2-4-18-15(13)20/h2-6,8H,7H2,1H3. The average molecular weight is 336 g/mol. The smallest absolute Gasteiger partial charge is 0.310 e. The second kappa shape index (κ2) is 5.94. The van der Waals surface area contributed by atoms with Crippen molar-refractivity contribution in [1.82, 2.24) is 14.5 Å². The van der Waals surface area contributed by atoms with E-state index in [9.17, 15) is 4.79 Å². The van der Waals surface area contributed by atoms with Gasteiger partial charge in [-0.1, -0.05) is 23.2 Å². The lowest BCUT2D eigenvalue weighted by molar-refractivity contribution is -0.139. The molecule has 2 heterocycles. The third kappa shape index (κ3) is 2.65. The maximum absolute atomic E-state index is 11.4. The highest BCUT2D eigenvalue weighted by molar-refractivity contribution is 6.36. The number of ether oxygens (including phenoxy) is 1. The summed E-state index contributed by atoms with van der Waals surface area (Å²) < 4.78 is 6.43. The molecule has 0 aliphatic rings. The summed E-state index contributed by atoms with van der Waals surface area (Å²) in [5.74, 6) is -0.397. The van der Waals surface area contributed by atoms with Crippen molar-refractivity contribution in [2.45, 2.75) is 6.42 Å². The molecule has 0 aliphatic carbocycles. The van der Waals surface area contributed by atoms with Crippen molar-refractivity contribution in [3.05, 3.63) is 52.4 Å². The Morgan fingerprint density at radius 2 is 2.00 bits per heavy atom. The first-order chi connectivity index (χ1) is 10.6. The number of rotatable bonds is 3. The zero-order valence-corrected chi connectivity index (χ0v) is 13.1.